The van der Waals surface area contributed by atoms with E-state index in [1.165, 1.54) is 22.8 Å². The normalized spacial score (nSPS) is 12.9. The summed E-state index contributed by atoms with van der Waals surface area (Å²) < 4.78 is 11.6. The number of rotatable bonds is 7. The molecule has 186 valence electrons. The molecule has 2 N–H and O–H groups in total. The molecule has 2 heterocycles. The Balaban J connectivity index is 1.50. The zero-order chi connectivity index (χ0) is 25.8. The third-order valence-corrected chi connectivity index (χ3v) is 5.46. The smallest absolute Gasteiger partial charge is 0.419 e. The number of aryl methyl sites for hydroxylation is 1. The van der Waals surface area contributed by atoms with Gasteiger partial charge in [-0.2, -0.15) is 0 Å². The predicted octanol–water partition coefficient (Wildman–Crippen LogP) is 3.39. The number of fused-ring (bicyclic) bond motifs is 2. The third-order valence-electron chi connectivity index (χ3n) is 5.46. The van der Waals surface area contributed by atoms with Crippen molar-refractivity contribution in [2.24, 2.45) is 4.99 Å². The zero-order valence-corrected chi connectivity index (χ0v) is 19.6. The van der Waals surface area contributed by atoms with Crippen LogP contribution in [-0.4, -0.2) is 33.8 Å². The predicted molar refractivity (Wildman–Crippen MR) is 131 cm³/mol. The molecule has 0 atom stereocenters. The third kappa shape index (κ3) is 5.02. The molecule has 12 nitrogen and oxygen atoms in total. The van der Waals surface area contributed by atoms with E-state index in [9.17, 15) is 24.5 Å². The summed E-state index contributed by atoms with van der Waals surface area (Å²) in [5.74, 6) is -1.66. The molecular formula is C24H23N5O7. The van der Waals surface area contributed by atoms with E-state index in [0.29, 0.717) is 22.6 Å². The lowest BCUT2D eigenvalue weighted by Gasteiger charge is -2.13. The highest BCUT2D eigenvalue weighted by Gasteiger charge is 2.26. The molecule has 3 aromatic rings. The lowest BCUT2D eigenvalue weighted by molar-refractivity contribution is -0.384. The van der Waals surface area contributed by atoms with Gasteiger partial charge in [0.15, 0.2) is 5.58 Å². The number of nitro groups is 1. The maximum Gasteiger partial charge on any atom is 0.419 e. The molecule has 1 aliphatic heterocycles. The molecule has 0 spiro atoms. The topological polar surface area (TPSA) is 158 Å². The van der Waals surface area contributed by atoms with Crippen LogP contribution in [0.5, 0.6) is 0 Å². The SMILES string of the molecule is CCOC(=O)C1=C(C)Nc2ccccc2N=C1NC(=O)CCCn1c(=O)oc2cc([N+](=O)[O-])ccc21. The Hall–Kier alpha value is -4.74. The molecule has 0 saturated heterocycles. The monoisotopic (exact) mass is 493 g/mol. The van der Waals surface area contributed by atoms with Gasteiger partial charge in [0.25, 0.3) is 5.69 Å². The number of aliphatic imine (C=N–C) groups is 1. The van der Waals surface area contributed by atoms with Gasteiger partial charge in [-0.05, 0) is 38.5 Å². The number of nitro benzene ring substituents is 1. The number of nitrogens with one attached hydrogen (secondary N) is 2. The number of benzene rings is 2. The minimum Gasteiger partial charge on any atom is -0.462 e. The second-order valence-corrected chi connectivity index (χ2v) is 7.90. The summed E-state index contributed by atoms with van der Waals surface area (Å²) in [5.41, 5.74) is 2.10. The van der Waals surface area contributed by atoms with Crippen LogP contribution in [0.15, 0.2) is 67.9 Å². The molecule has 0 aliphatic carbocycles. The van der Waals surface area contributed by atoms with Crippen LogP contribution < -0.4 is 16.4 Å². The van der Waals surface area contributed by atoms with Crippen molar-refractivity contribution in [1.82, 2.24) is 9.88 Å². The number of ether oxygens (including phenoxy) is 1. The van der Waals surface area contributed by atoms with E-state index in [4.69, 9.17) is 9.15 Å². The standard InChI is InChI=1S/C24H23N5O7/c1-3-35-23(31)21-14(2)25-16-7-4-5-8-17(16)26-22(21)27-20(30)9-6-12-28-18-11-10-15(29(33)34)13-19(18)36-24(28)32/h4-5,7-8,10-11,13,25H,3,6,9,12H2,1-2H3,(H,26,27,30). The molecule has 2 aromatic carbocycles. The fourth-order valence-electron chi connectivity index (χ4n) is 3.81. The molecule has 4 rings (SSSR count). The van der Waals surface area contributed by atoms with Crippen molar-refractivity contribution in [3.8, 4) is 0 Å². The summed E-state index contributed by atoms with van der Waals surface area (Å²) in [6.45, 7) is 3.67. The summed E-state index contributed by atoms with van der Waals surface area (Å²) in [5, 5.41) is 16.8. The first-order chi connectivity index (χ1) is 17.3. The minimum atomic E-state index is -0.676. The van der Waals surface area contributed by atoms with Crippen LogP contribution in [0, 0.1) is 10.1 Å². The van der Waals surface area contributed by atoms with E-state index < -0.39 is 22.6 Å². The Kier molecular flexibility index (Phi) is 6.95. The highest BCUT2D eigenvalue weighted by molar-refractivity contribution is 6.24. The number of esters is 1. The Morgan fingerprint density at radius 3 is 2.78 bits per heavy atom. The number of anilines is 1. The maximum atomic E-state index is 12.8. The molecule has 0 saturated carbocycles. The molecule has 0 radical (unpaired) electrons. The van der Waals surface area contributed by atoms with E-state index in [1.54, 1.807) is 32.0 Å². The largest absolute Gasteiger partial charge is 0.462 e. The molecule has 1 aromatic heterocycles. The molecule has 36 heavy (non-hydrogen) atoms. The van der Waals surface area contributed by atoms with E-state index in [2.05, 4.69) is 15.6 Å². The highest BCUT2D eigenvalue weighted by Crippen LogP contribution is 2.30. The van der Waals surface area contributed by atoms with Gasteiger partial charge in [-0.3, -0.25) is 19.5 Å². The minimum absolute atomic E-state index is 0.00927. The van der Waals surface area contributed by atoms with Crippen LogP contribution in [0.2, 0.25) is 0 Å². The number of para-hydroxylation sites is 2. The quantitative estimate of drug-likeness (QED) is 0.288. The van der Waals surface area contributed by atoms with E-state index in [0.717, 1.165) is 0 Å². The molecule has 0 fully saturated rings. The number of hydrogen-bond donors (Lipinski definition) is 2. The van der Waals surface area contributed by atoms with E-state index in [-0.39, 0.29) is 48.7 Å². The summed E-state index contributed by atoms with van der Waals surface area (Å²) in [6, 6.07) is 11.1. The number of oxazole rings is 1. The summed E-state index contributed by atoms with van der Waals surface area (Å²) in [7, 11) is 0. The van der Waals surface area contributed by atoms with Crippen LogP contribution in [-0.2, 0) is 20.9 Å². The van der Waals surface area contributed by atoms with Gasteiger partial charge in [-0.15, -0.1) is 0 Å². The lowest BCUT2D eigenvalue weighted by atomic mass is 10.1. The number of aromatic nitrogens is 1. The van der Waals surface area contributed by atoms with E-state index in [1.807, 2.05) is 6.07 Å². The first-order valence-electron chi connectivity index (χ1n) is 11.2. The second kappa shape index (κ2) is 10.3. The fourth-order valence-corrected chi connectivity index (χ4v) is 3.81. The van der Waals surface area contributed by atoms with Crippen molar-refractivity contribution in [2.75, 3.05) is 11.9 Å². The van der Waals surface area contributed by atoms with Crippen LogP contribution in [0.1, 0.15) is 26.7 Å². The Morgan fingerprint density at radius 2 is 2.03 bits per heavy atom. The van der Waals surface area contributed by atoms with Crippen LogP contribution in [0.25, 0.3) is 11.1 Å². The summed E-state index contributed by atoms with van der Waals surface area (Å²) in [4.78, 5) is 52.5. The Labute approximate surface area is 204 Å². The number of non-ortho nitro benzene ring substituents is 1. The van der Waals surface area contributed by atoms with Gasteiger partial charge in [0.1, 0.15) is 11.4 Å². The first kappa shape index (κ1) is 24.4. The Bertz CT molecular complexity index is 1480. The number of carbonyl (C=O) groups excluding carboxylic acids is 2. The van der Waals surface area contributed by atoms with Gasteiger partial charge in [0.2, 0.25) is 5.91 Å². The second-order valence-electron chi connectivity index (χ2n) is 7.90. The average molecular weight is 493 g/mol. The van der Waals surface area contributed by atoms with Crippen molar-refractivity contribution in [2.45, 2.75) is 33.2 Å². The van der Waals surface area contributed by atoms with Crippen molar-refractivity contribution < 1.29 is 23.7 Å². The van der Waals surface area contributed by atoms with Crippen LogP contribution in [0.4, 0.5) is 17.1 Å². The maximum absolute atomic E-state index is 12.8. The molecule has 1 aliphatic rings. The first-order valence-corrected chi connectivity index (χ1v) is 11.2. The van der Waals surface area contributed by atoms with Gasteiger partial charge >= 0.3 is 11.7 Å². The fraction of sp³-hybridized carbons (Fsp3) is 0.250. The van der Waals surface area contributed by atoms with Crippen LogP contribution >= 0.6 is 0 Å². The number of allylic oxidation sites excluding steroid dienone is 1. The van der Waals surface area contributed by atoms with Crippen LogP contribution in [0.3, 0.4) is 0 Å². The molecule has 12 heteroatoms. The van der Waals surface area contributed by atoms with Gasteiger partial charge in [-0.25, -0.2) is 14.6 Å². The number of hydrogen-bond acceptors (Lipinski definition) is 9. The van der Waals surface area contributed by atoms with Crippen molar-refractivity contribution in [3.05, 3.63) is 74.4 Å². The lowest BCUT2D eigenvalue weighted by Crippen LogP contribution is -2.35. The number of amidine groups is 1. The van der Waals surface area contributed by atoms with E-state index >= 15 is 0 Å². The number of carbonyl (C=O) groups is 2. The Morgan fingerprint density at radius 1 is 1.25 bits per heavy atom. The van der Waals surface area contributed by atoms with Gasteiger partial charge in [0.05, 0.1) is 34.5 Å². The molecule has 1 amide bonds. The van der Waals surface area contributed by atoms with Gasteiger partial charge in [-0.1, -0.05) is 12.1 Å². The van der Waals surface area contributed by atoms with Crippen molar-refractivity contribution >= 4 is 45.9 Å². The summed E-state index contributed by atoms with van der Waals surface area (Å²) in [6.07, 6.45) is 0.270. The number of amides is 1. The molecular weight excluding hydrogens is 470 g/mol. The van der Waals surface area contributed by atoms with Crippen molar-refractivity contribution in [1.29, 1.82) is 0 Å². The van der Waals surface area contributed by atoms with Gasteiger partial charge < -0.3 is 19.8 Å². The number of nitrogens with zero attached hydrogens (tertiary/aromatic N) is 3. The zero-order valence-electron chi connectivity index (χ0n) is 19.6. The molecule has 0 bridgehead atoms. The highest BCUT2D eigenvalue weighted by atomic mass is 16.6. The average Bonchev–Trinajstić information content (AvgIpc) is 3.06. The van der Waals surface area contributed by atoms with Crippen molar-refractivity contribution in [3.63, 3.8) is 0 Å². The van der Waals surface area contributed by atoms with Gasteiger partial charge in [0, 0.05) is 24.7 Å². The summed E-state index contributed by atoms with van der Waals surface area (Å²) >= 11 is 0. The molecule has 0 unspecified atom stereocenters.